The molecule has 2 aromatic rings. The Labute approximate surface area is 160 Å². The van der Waals surface area contributed by atoms with Crippen LogP contribution in [0.1, 0.15) is 23.2 Å². The summed E-state index contributed by atoms with van der Waals surface area (Å²) in [5.74, 6) is -0.410. The van der Waals surface area contributed by atoms with Gasteiger partial charge in [-0.3, -0.25) is 4.79 Å². The quantitative estimate of drug-likeness (QED) is 0.772. The fourth-order valence-electron chi connectivity index (χ4n) is 2.68. The molecule has 1 aliphatic heterocycles. The third-order valence-corrected chi connectivity index (χ3v) is 6.79. The zero-order chi connectivity index (χ0) is 18.0. The van der Waals surface area contributed by atoms with Crippen molar-refractivity contribution in [3.8, 4) is 0 Å². The number of nitrogens with one attached hydrogen (secondary N) is 1. The number of nitrogens with zero attached hydrogens (tertiary/aromatic N) is 1. The zero-order valence-corrected chi connectivity index (χ0v) is 16.4. The van der Waals surface area contributed by atoms with Crippen LogP contribution < -0.4 is 5.32 Å². The van der Waals surface area contributed by atoms with Gasteiger partial charge in [-0.25, -0.2) is 8.42 Å². The summed E-state index contributed by atoms with van der Waals surface area (Å²) in [6.07, 6.45) is 1.72. The van der Waals surface area contributed by atoms with Gasteiger partial charge in [-0.2, -0.15) is 4.31 Å². The van der Waals surface area contributed by atoms with Crippen LogP contribution in [0, 0.1) is 0 Å². The van der Waals surface area contributed by atoms with Crippen molar-refractivity contribution >= 4 is 49.1 Å². The molecule has 5 nitrogen and oxygen atoms in total. The largest absolute Gasteiger partial charge is 0.322 e. The van der Waals surface area contributed by atoms with E-state index in [-0.39, 0.29) is 10.5 Å². The Kier molecular flexibility index (Phi) is 5.48. The lowest BCUT2D eigenvalue weighted by molar-refractivity contribution is 0.102. The topological polar surface area (TPSA) is 66.5 Å². The van der Waals surface area contributed by atoms with Crippen LogP contribution in [0.3, 0.4) is 0 Å². The molecule has 8 heteroatoms. The molecule has 0 radical (unpaired) electrons. The minimum Gasteiger partial charge on any atom is -0.322 e. The van der Waals surface area contributed by atoms with E-state index in [0.717, 1.165) is 12.8 Å². The molecule has 0 aliphatic carbocycles. The van der Waals surface area contributed by atoms with Gasteiger partial charge in [-0.05, 0) is 65.2 Å². The van der Waals surface area contributed by atoms with E-state index in [1.807, 2.05) is 0 Å². The van der Waals surface area contributed by atoms with Gasteiger partial charge in [0.2, 0.25) is 10.0 Å². The number of benzene rings is 2. The lowest BCUT2D eigenvalue weighted by Crippen LogP contribution is -2.28. The first-order valence-electron chi connectivity index (χ1n) is 7.74. The van der Waals surface area contributed by atoms with Crippen LogP contribution in [0.2, 0.25) is 5.02 Å². The van der Waals surface area contributed by atoms with Gasteiger partial charge >= 0.3 is 0 Å². The van der Waals surface area contributed by atoms with Crippen LogP contribution in [0.15, 0.2) is 51.8 Å². The molecular weight excluding hydrogens is 428 g/mol. The first-order chi connectivity index (χ1) is 11.9. The Bertz CT molecular complexity index is 912. The number of sulfonamides is 1. The van der Waals surface area contributed by atoms with Crippen molar-refractivity contribution in [2.75, 3.05) is 18.4 Å². The van der Waals surface area contributed by atoms with Gasteiger partial charge < -0.3 is 5.32 Å². The van der Waals surface area contributed by atoms with Gasteiger partial charge in [-0.15, -0.1) is 0 Å². The summed E-state index contributed by atoms with van der Waals surface area (Å²) >= 11 is 9.23. The van der Waals surface area contributed by atoms with E-state index in [1.54, 1.807) is 30.3 Å². The molecule has 1 amide bonds. The summed E-state index contributed by atoms with van der Waals surface area (Å²) < 4.78 is 27.3. The maximum absolute atomic E-state index is 12.7. The Morgan fingerprint density at radius 2 is 1.84 bits per heavy atom. The number of hydrogen-bond donors (Lipinski definition) is 1. The van der Waals surface area contributed by atoms with E-state index in [4.69, 9.17) is 11.6 Å². The van der Waals surface area contributed by atoms with Gasteiger partial charge in [0.15, 0.2) is 0 Å². The Hall–Kier alpha value is -1.41. The minimum atomic E-state index is -3.58. The van der Waals surface area contributed by atoms with Crippen molar-refractivity contribution in [1.82, 2.24) is 4.31 Å². The van der Waals surface area contributed by atoms with E-state index in [0.29, 0.717) is 28.3 Å². The summed E-state index contributed by atoms with van der Waals surface area (Å²) in [5.41, 5.74) is 0.789. The van der Waals surface area contributed by atoms with Gasteiger partial charge in [0, 0.05) is 28.3 Å². The molecule has 3 rings (SSSR count). The molecule has 25 heavy (non-hydrogen) atoms. The highest BCUT2D eigenvalue weighted by Gasteiger charge is 2.28. The molecule has 1 saturated heterocycles. The zero-order valence-electron chi connectivity index (χ0n) is 13.2. The summed E-state index contributed by atoms with van der Waals surface area (Å²) in [6, 6.07) is 11.2. The van der Waals surface area contributed by atoms with Gasteiger partial charge in [-0.1, -0.05) is 17.7 Å². The molecule has 0 atom stereocenters. The second kappa shape index (κ2) is 7.45. The Balaban J connectivity index is 1.90. The number of hydrogen-bond acceptors (Lipinski definition) is 3. The maximum Gasteiger partial charge on any atom is 0.256 e. The molecule has 0 bridgehead atoms. The maximum atomic E-state index is 12.7. The summed E-state index contributed by atoms with van der Waals surface area (Å²) in [4.78, 5) is 12.7. The third-order valence-electron chi connectivity index (χ3n) is 3.97. The molecule has 0 aromatic heterocycles. The van der Waals surface area contributed by atoms with E-state index in [1.165, 1.54) is 16.4 Å². The molecule has 132 valence electrons. The van der Waals surface area contributed by atoms with E-state index >= 15 is 0 Å². The predicted octanol–water partition coefficient (Wildman–Crippen LogP) is 4.14. The molecule has 0 saturated carbocycles. The second-order valence-corrected chi connectivity index (χ2v) is 8.95. The lowest BCUT2D eigenvalue weighted by atomic mass is 10.2. The molecule has 2 aromatic carbocycles. The van der Waals surface area contributed by atoms with Gasteiger partial charge in [0.1, 0.15) is 0 Å². The van der Waals surface area contributed by atoms with Crippen molar-refractivity contribution in [3.05, 3.63) is 57.5 Å². The number of anilines is 1. The van der Waals surface area contributed by atoms with Crippen LogP contribution in [0.4, 0.5) is 5.69 Å². The van der Waals surface area contributed by atoms with Crippen molar-refractivity contribution in [2.24, 2.45) is 0 Å². The molecule has 0 unspecified atom stereocenters. The number of halogens is 2. The Morgan fingerprint density at radius 3 is 2.52 bits per heavy atom. The van der Waals surface area contributed by atoms with E-state index in [2.05, 4.69) is 21.2 Å². The first kappa shape index (κ1) is 18.4. The van der Waals surface area contributed by atoms with Gasteiger partial charge in [0.25, 0.3) is 5.91 Å². The smallest absolute Gasteiger partial charge is 0.256 e. The molecule has 0 spiro atoms. The number of rotatable bonds is 4. The van der Waals surface area contributed by atoms with E-state index < -0.39 is 15.9 Å². The SMILES string of the molecule is O=C(Nc1cccc(Cl)c1)c1cc(S(=O)(=O)N2CCCC2)ccc1Br. The van der Waals surface area contributed by atoms with Crippen LogP contribution >= 0.6 is 27.5 Å². The standard InChI is InChI=1S/C17H16BrClN2O3S/c18-16-7-6-14(25(23,24)21-8-1-2-9-21)11-15(16)17(22)20-13-5-3-4-12(19)10-13/h3-7,10-11H,1-2,8-9H2,(H,20,22). The molecule has 1 heterocycles. The summed E-state index contributed by atoms with van der Waals surface area (Å²) in [7, 11) is -3.58. The van der Waals surface area contributed by atoms with Crippen molar-refractivity contribution in [2.45, 2.75) is 17.7 Å². The fraction of sp³-hybridized carbons (Fsp3) is 0.235. The number of carbonyl (C=O) groups is 1. The first-order valence-corrected chi connectivity index (χ1v) is 10.4. The Morgan fingerprint density at radius 1 is 1.12 bits per heavy atom. The summed E-state index contributed by atoms with van der Waals surface area (Å²) in [5, 5.41) is 3.23. The fourth-order valence-corrected chi connectivity index (χ4v) is 4.84. The molecule has 1 N–H and O–H groups in total. The van der Waals surface area contributed by atoms with Crippen molar-refractivity contribution in [3.63, 3.8) is 0 Å². The highest BCUT2D eigenvalue weighted by atomic mass is 79.9. The number of carbonyl (C=O) groups excluding carboxylic acids is 1. The monoisotopic (exact) mass is 442 g/mol. The average molecular weight is 444 g/mol. The second-order valence-electron chi connectivity index (χ2n) is 5.72. The highest BCUT2D eigenvalue weighted by Crippen LogP contribution is 2.26. The minimum absolute atomic E-state index is 0.119. The van der Waals surface area contributed by atoms with Crippen molar-refractivity contribution < 1.29 is 13.2 Å². The molecular formula is C17H16BrClN2O3S. The highest BCUT2D eigenvalue weighted by molar-refractivity contribution is 9.10. The average Bonchev–Trinajstić information content (AvgIpc) is 3.10. The molecule has 1 fully saturated rings. The van der Waals surface area contributed by atoms with Gasteiger partial charge in [0.05, 0.1) is 10.5 Å². The lowest BCUT2D eigenvalue weighted by Gasteiger charge is -2.16. The van der Waals surface area contributed by atoms with Crippen LogP contribution in [0.25, 0.3) is 0 Å². The van der Waals surface area contributed by atoms with Crippen LogP contribution in [-0.2, 0) is 10.0 Å². The molecule has 1 aliphatic rings. The van der Waals surface area contributed by atoms with Crippen LogP contribution in [-0.4, -0.2) is 31.7 Å². The third kappa shape index (κ3) is 4.06. The normalized spacial score (nSPS) is 15.3. The number of amides is 1. The van der Waals surface area contributed by atoms with Crippen molar-refractivity contribution in [1.29, 1.82) is 0 Å². The summed E-state index contributed by atoms with van der Waals surface area (Å²) in [6.45, 7) is 1.03. The van der Waals surface area contributed by atoms with E-state index in [9.17, 15) is 13.2 Å². The predicted molar refractivity (Wildman–Crippen MR) is 102 cm³/mol. The van der Waals surface area contributed by atoms with Crippen LogP contribution in [0.5, 0.6) is 0 Å².